The number of ether oxygens (including phenoxy) is 2. The Morgan fingerprint density at radius 3 is 2.73 bits per heavy atom. The Kier molecular flexibility index (Phi) is 3.72. The highest BCUT2D eigenvalue weighted by Crippen LogP contribution is 2.27. The number of hydrogen-bond donors (Lipinski definition) is 0. The normalized spacial score (nSPS) is 25.1. The van der Waals surface area contributed by atoms with Crippen molar-refractivity contribution in [2.45, 2.75) is 46.3 Å². The average Bonchev–Trinajstić information content (AvgIpc) is 2.49. The van der Waals surface area contributed by atoms with Gasteiger partial charge in [0.15, 0.2) is 12.4 Å². The van der Waals surface area contributed by atoms with Crippen LogP contribution in [-0.2, 0) is 14.3 Å². The fraction of sp³-hybridized carbons (Fsp3) is 0.818. The molecule has 0 spiro atoms. The summed E-state index contributed by atoms with van der Waals surface area (Å²) in [7, 11) is 0. The fourth-order valence-corrected chi connectivity index (χ4v) is 1.55. The molecule has 0 aliphatic carbocycles. The molecule has 1 heterocycles. The first-order chi connectivity index (χ1) is 6.94. The van der Waals surface area contributed by atoms with Crippen LogP contribution in [0.25, 0.3) is 0 Å². The first kappa shape index (κ1) is 12.0. The van der Waals surface area contributed by atoms with E-state index in [4.69, 9.17) is 9.47 Å². The Morgan fingerprint density at radius 1 is 1.53 bits per heavy atom. The first-order valence-electron chi connectivity index (χ1n) is 5.28. The summed E-state index contributed by atoms with van der Waals surface area (Å²) in [6, 6.07) is -0.482. The van der Waals surface area contributed by atoms with E-state index in [1.165, 1.54) is 6.40 Å². The maximum atomic E-state index is 11.5. The number of rotatable bonds is 3. The van der Waals surface area contributed by atoms with Crippen LogP contribution in [0.2, 0.25) is 0 Å². The van der Waals surface area contributed by atoms with Gasteiger partial charge in [-0.2, -0.15) is 0 Å². The standard InChI is InChI=1S/C11H19NO3/c1-5-14-10(13)9-8(15-7-12-9)6-11(2,3)4/h7-9H,5-6H2,1-4H3. The maximum absolute atomic E-state index is 11.5. The van der Waals surface area contributed by atoms with E-state index in [2.05, 4.69) is 25.8 Å². The second kappa shape index (κ2) is 4.64. The van der Waals surface area contributed by atoms with Crippen LogP contribution in [-0.4, -0.2) is 31.1 Å². The molecule has 0 saturated heterocycles. The van der Waals surface area contributed by atoms with Gasteiger partial charge in [0.2, 0.25) is 0 Å². The van der Waals surface area contributed by atoms with Gasteiger partial charge in [0.05, 0.1) is 6.61 Å². The van der Waals surface area contributed by atoms with Gasteiger partial charge >= 0.3 is 5.97 Å². The molecule has 0 aromatic carbocycles. The minimum absolute atomic E-state index is 0.114. The lowest BCUT2D eigenvalue weighted by Crippen LogP contribution is -2.34. The third kappa shape index (κ3) is 3.53. The van der Waals surface area contributed by atoms with Gasteiger partial charge in [0, 0.05) is 0 Å². The summed E-state index contributed by atoms with van der Waals surface area (Å²) in [4.78, 5) is 15.5. The van der Waals surface area contributed by atoms with E-state index in [0.29, 0.717) is 6.61 Å². The molecule has 1 aliphatic heterocycles. The van der Waals surface area contributed by atoms with Gasteiger partial charge in [0.1, 0.15) is 6.10 Å². The Bertz CT molecular complexity index is 255. The molecule has 0 bridgehead atoms. The molecule has 1 rings (SSSR count). The molecule has 0 saturated carbocycles. The van der Waals surface area contributed by atoms with Gasteiger partial charge in [0.25, 0.3) is 0 Å². The van der Waals surface area contributed by atoms with Crippen molar-refractivity contribution in [2.24, 2.45) is 10.4 Å². The summed E-state index contributed by atoms with van der Waals surface area (Å²) >= 11 is 0. The van der Waals surface area contributed by atoms with E-state index in [-0.39, 0.29) is 17.5 Å². The van der Waals surface area contributed by atoms with Gasteiger partial charge in [-0.25, -0.2) is 9.79 Å². The minimum atomic E-state index is -0.482. The Balaban J connectivity index is 2.56. The highest BCUT2D eigenvalue weighted by atomic mass is 16.5. The molecule has 0 aromatic rings. The summed E-state index contributed by atoms with van der Waals surface area (Å²) in [6.07, 6.45) is 1.97. The molecule has 0 aromatic heterocycles. The predicted octanol–water partition coefficient (Wildman–Crippen LogP) is 1.78. The zero-order chi connectivity index (χ0) is 11.5. The van der Waals surface area contributed by atoms with Crippen molar-refractivity contribution in [3.05, 3.63) is 0 Å². The van der Waals surface area contributed by atoms with Gasteiger partial charge in [-0.05, 0) is 18.8 Å². The lowest BCUT2D eigenvalue weighted by Gasteiger charge is -2.24. The van der Waals surface area contributed by atoms with Gasteiger partial charge in [-0.15, -0.1) is 0 Å². The van der Waals surface area contributed by atoms with E-state index in [9.17, 15) is 4.79 Å². The second-order valence-electron chi connectivity index (χ2n) is 4.89. The molecule has 15 heavy (non-hydrogen) atoms. The second-order valence-corrected chi connectivity index (χ2v) is 4.89. The summed E-state index contributed by atoms with van der Waals surface area (Å²) in [5.74, 6) is -0.291. The summed E-state index contributed by atoms with van der Waals surface area (Å²) < 4.78 is 10.3. The SMILES string of the molecule is CCOC(=O)C1N=COC1CC(C)(C)C. The molecule has 2 atom stereocenters. The van der Waals surface area contributed by atoms with E-state index < -0.39 is 6.04 Å². The van der Waals surface area contributed by atoms with Crippen LogP contribution in [0.3, 0.4) is 0 Å². The quantitative estimate of drug-likeness (QED) is 0.671. The van der Waals surface area contributed by atoms with Crippen LogP contribution >= 0.6 is 0 Å². The van der Waals surface area contributed by atoms with Crippen LogP contribution in [0.15, 0.2) is 4.99 Å². The van der Waals surface area contributed by atoms with Crippen LogP contribution in [0.5, 0.6) is 0 Å². The molecule has 0 amide bonds. The third-order valence-electron chi connectivity index (χ3n) is 2.15. The fourth-order valence-electron chi connectivity index (χ4n) is 1.55. The van der Waals surface area contributed by atoms with E-state index in [1.54, 1.807) is 6.92 Å². The molecule has 4 heteroatoms. The molecule has 86 valence electrons. The van der Waals surface area contributed by atoms with E-state index in [1.807, 2.05) is 0 Å². The zero-order valence-corrected chi connectivity index (χ0v) is 9.82. The Labute approximate surface area is 90.7 Å². The Morgan fingerprint density at radius 2 is 2.20 bits per heavy atom. The molecule has 0 fully saturated rings. The van der Waals surface area contributed by atoms with E-state index >= 15 is 0 Å². The smallest absolute Gasteiger partial charge is 0.334 e. The number of nitrogens with zero attached hydrogens (tertiary/aromatic N) is 1. The van der Waals surface area contributed by atoms with Crippen molar-refractivity contribution >= 4 is 12.4 Å². The molecule has 0 N–H and O–H groups in total. The number of esters is 1. The third-order valence-corrected chi connectivity index (χ3v) is 2.15. The average molecular weight is 213 g/mol. The van der Waals surface area contributed by atoms with Gasteiger partial charge in [-0.1, -0.05) is 20.8 Å². The predicted molar refractivity (Wildman–Crippen MR) is 57.9 cm³/mol. The number of hydrogen-bond acceptors (Lipinski definition) is 4. The number of carbonyl (C=O) groups excluding carboxylic acids is 1. The first-order valence-corrected chi connectivity index (χ1v) is 5.28. The van der Waals surface area contributed by atoms with Crippen LogP contribution < -0.4 is 0 Å². The summed E-state index contributed by atoms with van der Waals surface area (Å²) in [5, 5.41) is 0. The monoisotopic (exact) mass is 213 g/mol. The summed E-state index contributed by atoms with van der Waals surface area (Å²) in [5.41, 5.74) is 0.114. The number of carbonyl (C=O) groups is 1. The zero-order valence-electron chi connectivity index (χ0n) is 9.82. The highest BCUT2D eigenvalue weighted by Gasteiger charge is 2.36. The Hall–Kier alpha value is -1.06. The number of aliphatic imine (C=N–C) groups is 1. The van der Waals surface area contributed by atoms with Crippen molar-refractivity contribution in [1.82, 2.24) is 0 Å². The molecule has 4 nitrogen and oxygen atoms in total. The van der Waals surface area contributed by atoms with Crippen molar-refractivity contribution < 1.29 is 14.3 Å². The molecular formula is C11H19NO3. The lowest BCUT2D eigenvalue weighted by atomic mass is 9.87. The molecule has 1 aliphatic rings. The van der Waals surface area contributed by atoms with Crippen molar-refractivity contribution in [3.8, 4) is 0 Å². The lowest BCUT2D eigenvalue weighted by molar-refractivity contribution is -0.146. The van der Waals surface area contributed by atoms with Gasteiger partial charge in [-0.3, -0.25) is 0 Å². The molecule has 2 unspecified atom stereocenters. The maximum Gasteiger partial charge on any atom is 0.334 e. The van der Waals surface area contributed by atoms with Crippen molar-refractivity contribution in [2.75, 3.05) is 6.61 Å². The van der Waals surface area contributed by atoms with Crippen LogP contribution in [0, 0.1) is 5.41 Å². The minimum Gasteiger partial charge on any atom is -0.477 e. The molecular weight excluding hydrogens is 194 g/mol. The van der Waals surface area contributed by atoms with Crippen LogP contribution in [0.4, 0.5) is 0 Å². The van der Waals surface area contributed by atoms with Crippen molar-refractivity contribution in [1.29, 1.82) is 0 Å². The topological polar surface area (TPSA) is 47.9 Å². The summed E-state index contributed by atoms with van der Waals surface area (Å²) in [6.45, 7) is 8.49. The van der Waals surface area contributed by atoms with Crippen molar-refractivity contribution in [3.63, 3.8) is 0 Å². The molecule has 0 radical (unpaired) electrons. The van der Waals surface area contributed by atoms with Crippen LogP contribution in [0.1, 0.15) is 34.1 Å². The highest BCUT2D eigenvalue weighted by molar-refractivity contribution is 5.79. The van der Waals surface area contributed by atoms with E-state index in [0.717, 1.165) is 6.42 Å². The largest absolute Gasteiger partial charge is 0.477 e. The van der Waals surface area contributed by atoms with Gasteiger partial charge < -0.3 is 9.47 Å².